The van der Waals surface area contributed by atoms with E-state index in [2.05, 4.69) is 49.6 Å². The molecule has 1 amide bonds. The van der Waals surface area contributed by atoms with Gasteiger partial charge < -0.3 is 35.6 Å². The van der Waals surface area contributed by atoms with Gasteiger partial charge in [0.2, 0.25) is 11.8 Å². The lowest BCUT2D eigenvalue weighted by atomic mass is 10.1. The Morgan fingerprint density at radius 2 is 1.70 bits per heavy atom. The highest BCUT2D eigenvalue weighted by Gasteiger charge is 2.21. The van der Waals surface area contributed by atoms with Crippen LogP contribution in [0.2, 0.25) is 0 Å². The molecule has 0 radical (unpaired) electrons. The number of nitrogens with one attached hydrogen (secondary N) is 2. The molecule has 0 atom stereocenters. The third kappa shape index (κ3) is 7.22. The Hall–Kier alpha value is -4.67. The van der Waals surface area contributed by atoms with Crippen LogP contribution in [0.25, 0.3) is 0 Å². The van der Waals surface area contributed by atoms with E-state index in [4.69, 9.17) is 15.2 Å². The maximum atomic E-state index is 13.6. The van der Waals surface area contributed by atoms with E-state index < -0.39 is 0 Å². The number of aromatic nitrogens is 2. The van der Waals surface area contributed by atoms with Crippen molar-refractivity contribution in [2.45, 2.75) is 20.3 Å². The van der Waals surface area contributed by atoms with Gasteiger partial charge in [-0.15, -0.1) is 0 Å². The summed E-state index contributed by atoms with van der Waals surface area (Å²) in [6.45, 7) is 8.49. The Kier molecular flexibility index (Phi) is 9.38. The summed E-state index contributed by atoms with van der Waals surface area (Å²) in [5.74, 6) is 0.948. The average Bonchev–Trinajstić information content (AvgIpc) is 3.01. The molecule has 4 N–H and O–H groups in total. The van der Waals surface area contributed by atoms with Gasteiger partial charge in [-0.1, -0.05) is 24.3 Å². The van der Waals surface area contributed by atoms with Crippen LogP contribution in [0.3, 0.4) is 0 Å². The van der Waals surface area contributed by atoms with Crippen LogP contribution in [0.1, 0.15) is 27.0 Å². The van der Waals surface area contributed by atoms with Crippen molar-refractivity contribution in [1.82, 2.24) is 14.9 Å². The predicted octanol–water partition coefficient (Wildman–Crippen LogP) is 5.14. The van der Waals surface area contributed by atoms with Crippen LogP contribution < -0.4 is 30.7 Å². The number of carbonyl (C=O) groups excluding carboxylic acids is 1. The fourth-order valence-corrected chi connectivity index (χ4v) is 5.02. The van der Waals surface area contributed by atoms with Gasteiger partial charge in [-0.25, -0.2) is 4.98 Å². The van der Waals surface area contributed by atoms with Gasteiger partial charge in [-0.3, -0.25) is 4.79 Å². The minimum atomic E-state index is -0.380. The molecule has 4 aromatic rings. The van der Waals surface area contributed by atoms with Crippen molar-refractivity contribution in [1.29, 1.82) is 0 Å². The maximum absolute atomic E-state index is 13.6. The summed E-state index contributed by atoms with van der Waals surface area (Å²) >= 11 is 0. The van der Waals surface area contributed by atoms with Crippen molar-refractivity contribution in [2.75, 3.05) is 62.4 Å². The van der Waals surface area contributed by atoms with Crippen molar-refractivity contribution >= 4 is 28.9 Å². The first-order valence-electron chi connectivity index (χ1n) is 14.4. The van der Waals surface area contributed by atoms with E-state index in [9.17, 15) is 4.79 Å². The highest BCUT2D eigenvalue weighted by Crippen LogP contribution is 2.34. The summed E-state index contributed by atoms with van der Waals surface area (Å²) in [6, 6.07) is 19.6. The zero-order chi connectivity index (χ0) is 30.3. The summed E-state index contributed by atoms with van der Waals surface area (Å²) in [4.78, 5) is 27.4. The van der Waals surface area contributed by atoms with Crippen molar-refractivity contribution in [3.8, 4) is 17.4 Å². The van der Waals surface area contributed by atoms with E-state index in [1.54, 1.807) is 13.2 Å². The summed E-state index contributed by atoms with van der Waals surface area (Å²) in [6.07, 6.45) is 2.18. The Bertz CT molecular complexity index is 1550. The molecule has 0 saturated carbocycles. The number of likely N-dealkylation sites (N-methyl/N-ethyl adjacent to an activating group) is 1. The molecule has 10 heteroatoms. The quantitative estimate of drug-likeness (QED) is 0.234. The summed E-state index contributed by atoms with van der Waals surface area (Å²) in [5.41, 5.74) is 11.6. The number of anilines is 4. The van der Waals surface area contributed by atoms with Gasteiger partial charge >= 0.3 is 0 Å². The minimum Gasteiger partial charge on any atom is -0.493 e. The number of ether oxygens (including phenoxy) is 2. The van der Waals surface area contributed by atoms with Gasteiger partial charge in [0.05, 0.1) is 7.11 Å². The normalized spacial score (nSPS) is 13.5. The lowest BCUT2D eigenvalue weighted by molar-refractivity contribution is 0.102. The van der Waals surface area contributed by atoms with Crippen molar-refractivity contribution in [3.63, 3.8) is 0 Å². The van der Waals surface area contributed by atoms with E-state index in [0.29, 0.717) is 30.4 Å². The number of nitrogens with zero attached hydrogens (tertiary/aromatic N) is 4. The number of piperazine rings is 1. The first kappa shape index (κ1) is 29.8. The Balaban J connectivity index is 1.43. The highest BCUT2D eigenvalue weighted by molar-refractivity contribution is 6.06. The molecule has 2 heterocycles. The summed E-state index contributed by atoms with van der Waals surface area (Å²) in [5, 5.41) is 6.26. The molecule has 10 nitrogen and oxygen atoms in total. The molecule has 1 saturated heterocycles. The van der Waals surface area contributed by atoms with Crippen LogP contribution in [0, 0.1) is 13.8 Å². The maximum Gasteiger partial charge on any atom is 0.262 e. The number of benzene rings is 3. The first-order valence-corrected chi connectivity index (χ1v) is 14.4. The average molecular weight is 582 g/mol. The standard InChI is InChI=1S/C33H39N7O3/c1-22-6-5-7-23(2)30(22)37-31(41)27-21-35-33(36-25-9-11-26(12-10-25)40-18-16-39(3)17-19-40)38-32(27)43-28-13-8-24(14-15-34)20-29(28)42-4/h5-13,20-21H,14-19,34H2,1-4H3,(H,37,41)(H,35,36,38). The van der Waals surface area contributed by atoms with Crippen molar-refractivity contribution in [3.05, 3.63) is 89.1 Å². The van der Waals surface area contributed by atoms with E-state index >= 15 is 0 Å². The summed E-state index contributed by atoms with van der Waals surface area (Å²) < 4.78 is 11.8. The van der Waals surface area contributed by atoms with E-state index in [-0.39, 0.29) is 17.4 Å². The van der Waals surface area contributed by atoms with E-state index in [1.165, 1.54) is 11.9 Å². The van der Waals surface area contributed by atoms with Crippen LogP contribution in [0.15, 0.2) is 66.9 Å². The monoisotopic (exact) mass is 581 g/mol. The smallest absolute Gasteiger partial charge is 0.262 e. The second-order valence-electron chi connectivity index (χ2n) is 10.7. The Morgan fingerprint density at radius 3 is 2.37 bits per heavy atom. The number of amides is 1. The fourth-order valence-electron chi connectivity index (χ4n) is 5.02. The number of rotatable bonds is 10. The van der Waals surface area contributed by atoms with Crippen LogP contribution >= 0.6 is 0 Å². The molecule has 1 aliphatic heterocycles. The lowest BCUT2D eigenvalue weighted by Crippen LogP contribution is -2.44. The topological polar surface area (TPSA) is 118 Å². The zero-order valence-corrected chi connectivity index (χ0v) is 25.2. The summed E-state index contributed by atoms with van der Waals surface area (Å²) in [7, 11) is 3.72. The van der Waals surface area contributed by atoms with Crippen LogP contribution in [-0.4, -0.2) is 67.7 Å². The molecule has 1 aliphatic rings. The van der Waals surface area contributed by atoms with Crippen LogP contribution in [0.5, 0.6) is 17.4 Å². The van der Waals surface area contributed by atoms with Gasteiger partial charge in [0.25, 0.3) is 5.91 Å². The third-order valence-corrected chi connectivity index (χ3v) is 7.58. The van der Waals surface area contributed by atoms with E-state index in [0.717, 1.165) is 54.2 Å². The number of para-hydroxylation sites is 1. The number of hydrogen-bond donors (Lipinski definition) is 3. The number of methoxy groups -OCH3 is 1. The largest absolute Gasteiger partial charge is 0.493 e. The molecule has 0 spiro atoms. The van der Waals surface area contributed by atoms with Crippen molar-refractivity contribution in [2.24, 2.45) is 5.73 Å². The molecule has 5 rings (SSSR count). The van der Waals surface area contributed by atoms with E-state index in [1.807, 2.05) is 56.3 Å². The van der Waals surface area contributed by atoms with Gasteiger partial charge in [0, 0.05) is 49.4 Å². The molecule has 224 valence electrons. The molecule has 0 unspecified atom stereocenters. The third-order valence-electron chi connectivity index (χ3n) is 7.58. The molecular formula is C33H39N7O3. The van der Waals surface area contributed by atoms with Crippen LogP contribution in [0.4, 0.5) is 23.0 Å². The Morgan fingerprint density at radius 1 is 0.977 bits per heavy atom. The fraction of sp³-hybridized carbons (Fsp3) is 0.303. The van der Waals surface area contributed by atoms with Crippen LogP contribution in [-0.2, 0) is 6.42 Å². The lowest BCUT2D eigenvalue weighted by Gasteiger charge is -2.34. The number of aryl methyl sites for hydroxylation is 2. The van der Waals surface area contributed by atoms with Crippen molar-refractivity contribution < 1.29 is 14.3 Å². The number of hydrogen-bond acceptors (Lipinski definition) is 9. The minimum absolute atomic E-state index is 0.0974. The first-order chi connectivity index (χ1) is 20.8. The Labute approximate surface area is 252 Å². The second kappa shape index (κ2) is 13.5. The number of nitrogens with two attached hydrogens (primary N) is 1. The van der Waals surface area contributed by atoms with Gasteiger partial charge in [-0.05, 0) is 86.9 Å². The predicted molar refractivity (Wildman–Crippen MR) is 171 cm³/mol. The molecule has 43 heavy (non-hydrogen) atoms. The molecule has 3 aromatic carbocycles. The molecule has 0 aliphatic carbocycles. The van der Waals surface area contributed by atoms with Gasteiger partial charge in [-0.2, -0.15) is 4.98 Å². The number of carbonyl (C=O) groups is 1. The molecular weight excluding hydrogens is 542 g/mol. The highest BCUT2D eigenvalue weighted by atomic mass is 16.5. The SMILES string of the molecule is COc1cc(CCN)ccc1Oc1nc(Nc2ccc(N3CCN(C)CC3)cc2)ncc1C(=O)Nc1c(C)cccc1C. The zero-order valence-electron chi connectivity index (χ0n) is 25.2. The molecule has 1 fully saturated rings. The second-order valence-corrected chi connectivity index (χ2v) is 10.7. The molecule has 0 bridgehead atoms. The molecule has 1 aromatic heterocycles. The van der Waals surface area contributed by atoms with Gasteiger partial charge in [0.1, 0.15) is 5.56 Å². The van der Waals surface area contributed by atoms with Gasteiger partial charge in [0.15, 0.2) is 11.5 Å².